The highest BCUT2D eigenvalue weighted by Gasteiger charge is 2.37. The molecule has 0 radical (unpaired) electrons. The van der Waals surface area contributed by atoms with E-state index >= 15 is 0 Å². The number of hydrogen-bond acceptors (Lipinski definition) is 8. The Labute approximate surface area is 286 Å². The summed E-state index contributed by atoms with van der Waals surface area (Å²) in [6.45, 7) is 4.72. The normalized spacial score (nSPS) is 26.7. The lowest BCUT2D eigenvalue weighted by Gasteiger charge is -2.42. The third kappa shape index (κ3) is 7.46. The Balaban J connectivity index is 1.48. The van der Waals surface area contributed by atoms with Crippen LogP contribution in [0.3, 0.4) is 0 Å². The Morgan fingerprint density at radius 3 is 2.73 bits per heavy atom. The van der Waals surface area contributed by atoms with Crippen molar-refractivity contribution in [3.63, 3.8) is 0 Å². The first-order chi connectivity index (χ1) is 22.9. The van der Waals surface area contributed by atoms with Gasteiger partial charge in [-0.05, 0) is 99.2 Å². The van der Waals surface area contributed by atoms with Crippen LogP contribution in [0.25, 0.3) is 0 Å². The van der Waals surface area contributed by atoms with Gasteiger partial charge in [0.1, 0.15) is 18.0 Å². The molecule has 11 nitrogen and oxygen atoms in total. The predicted molar refractivity (Wildman–Crippen MR) is 183 cm³/mol. The molecule has 1 saturated carbocycles. The van der Waals surface area contributed by atoms with Gasteiger partial charge >= 0.3 is 0 Å². The number of hydrogen-bond donors (Lipinski definition) is 2. The summed E-state index contributed by atoms with van der Waals surface area (Å²) >= 11 is 6.35. The molecule has 1 fully saturated rings. The molecule has 1 aromatic heterocycles. The van der Waals surface area contributed by atoms with Gasteiger partial charge in [0.05, 0.1) is 35.1 Å². The predicted octanol–water partition coefficient (Wildman–Crippen LogP) is 5.25. The molecule has 6 rings (SSSR count). The number of rotatable bonds is 2. The average molecular weight is 696 g/mol. The van der Waals surface area contributed by atoms with E-state index in [1.165, 1.54) is 30.9 Å². The number of aryl methyl sites for hydroxylation is 2. The third-order valence-electron chi connectivity index (χ3n) is 9.43. The smallest absolute Gasteiger partial charge is 0.287 e. The maximum atomic E-state index is 14.9. The topological polar surface area (TPSA) is 135 Å². The van der Waals surface area contributed by atoms with E-state index in [0.717, 1.165) is 43.2 Å². The number of anilines is 1. The van der Waals surface area contributed by atoms with Gasteiger partial charge in [0.2, 0.25) is 0 Å². The summed E-state index contributed by atoms with van der Waals surface area (Å²) in [7, 11) is -2.22. The fraction of sp³-hybridized carbons (Fsp3) is 0.457. The van der Waals surface area contributed by atoms with Gasteiger partial charge in [0.25, 0.3) is 11.8 Å². The van der Waals surface area contributed by atoms with Gasteiger partial charge in [-0.15, -0.1) is 4.36 Å². The van der Waals surface area contributed by atoms with Crippen LogP contribution < -0.4 is 14.4 Å². The van der Waals surface area contributed by atoms with Crippen molar-refractivity contribution in [3.8, 4) is 5.75 Å². The van der Waals surface area contributed by atoms with Gasteiger partial charge < -0.3 is 19.5 Å². The van der Waals surface area contributed by atoms with Crippen molar-refractivity contribution >= 4 is 39.0 Å². The number of ether oxygens (including phenoxy) is 2. The summed E-state index contributed by atoms with van der Waals surface area (Å²) in [6, 6.07) is 10.8. The molecule has 2 aliphatic heterocycles. The molecule has 0 spiro atoms. The summed E-state index contributed by atoms with van der Waals surface area (Å²) in [4.78, 5) is 29.4. The number of aliphatic hydroxyl groups excluding tert-OH is 1. The van der Waals surface area contributed by atoms with Crippen LogP contribution in [0.1, 0.15) is 61.0 Å². The first kappa shape index (κ1) is 34.2. The van der Waals surface area contributed by atoms with Gasteiger partial charge in [-0.2, -0.15) is 5.10 Å². The van der Waals surface area contributed by atoms with Crippen molar-refractivity contribution in [1.29, 1.82) is 0 Å². The van der Waals surface area contributed by atoms with Crippen LogP contribution >= 0.6 is 11.6 Å². The van der Waals surface area contributed by atoms with Gasteiger partial charge in [-0.1, -0.05) is 29.8 Å². The molecular weight excluding hydrogens is 654 g/mol. The van der Waals surface area contributed by atoms with E-state index in [1.807, 2.05) is 18.2 Å². The molecular formula is C35H42ClN5O6S. The fourth-order valence-electron chi connectivity index (χ4n) is 6.38. The number of benzene rings is 2. The van der Waals surface area contributed by atoms with E-state index in [-0.39, 0.29) is 28.9 Å². The SMILES string of the molecule is Cn1cc(C(=O)NS2(=O)=NC(=O)C(C)(C)OC/C=C/C(O)[C@@H]3CC[C@H]3CN3CCCCc4cc(Cl)ccc4COc4ccc2cc43)cn1. The van der Waals surface area contributed by atoms with E-state index in [4.69, 9.17) is 21.1 Å². The molecule has 0 saturated heterocycles. The number of aromatic nitrogens is 2. The first-order valence-electron chi connectivity index (χ1n) is 16.3. The lowest BCUT2D eigenvalue weighted by atomic mass is 9.70. The molecule has 256 valence electrons. The van der Waals surface area contributed by atoms with Crippen molar-refractivity contribution in [3.05, 3.63) is 82.7 Å². The summed E-state index contributed by atoms with van der Waals surface area (Å²) in [5.41, 5.74) is 1.54. The monoisotopic (exact) mass is 695 g/mol. The van der Waals surface area contributed by atoms with Crippen LogP contribution in [0, 0.1) is 11.8 Å². The Hall–Kier alpha value is -3.71. The van der Waals surface area contributed by atoms with Crippen molar-refractivity contribution in [2.45, 2.75) is 69.2 Å². The Morgan fingerprint density at radius 1 is 1.15 bits per heavy atom. The van der Waals surface area contributed by atoms with E-state index in [2.05, 4.69) is 19.1 Å². The highest BCUT2D eigenvalue weighted by molar-refractivity contribution is 7.92. The minimum atomic E-state index is -3.89. The van der Waals surface area contributed by atoms with E-state index < -0.39 is 33.4 Å². The number of amides is 2. The summed E-state index contributed by atoms with van der Waals surface area (Å²) in [5, 5.41) is 15.8. The van der Waals surface area contributed by atoms with E-state index in [9.17, 15) is 18.9 Å². The van der Waals surface area contributed by atoms with Crippen LogP contribution in [-0.2, 0) is 39.5 Å². The first-order valence-corrected chi connectivity index (χ1v) is 18.2. The average Bonchev–Trinajstić information content (AvgIpc) is 3.46. The highest BCUT2D eigenvalue weighted by atomic mass is 35.5. The van der Waals surface area contributed by atoms with E-state index in [1.54, 1.807) is 37.4 Å². The summed E-state index contributed by atoms with van der Waals surface area (Å²) in [6.07, 6.45) is 10.1. The molecule has 3 aromatic rings. The second-order valence-electron chi connectivity index (χ2n) is 13.2. The van der Waals surface area contributed by atoms with Crippen molar-refractivity contribution in [2.24, 2.45) is 23.2 Å². The number of fused-ring (bicyclic) bond motifs is 3. The molecule has 1 aliphatic carbocycles. The molecule has 48 heavy (non-hydrogen) atoms. The molecule has 2 N–H and O–H groups in total. The molecule has 2 aromatic carbocycles. The van der Waals surface area contributed by atoms with Crippen LogP contribution in [0.4, 0.5) is 5.69 Å². The molecule has 4 atom stereocenters. The standard InChI is InChI=1S/C35H42ClN5O6S/c1-35(2)34(44)39-48(45,38-33(43)26-19-37-40(3)20-26)28-12-14-32-30(18-28)41(21-24-10-13-29(24)31(42)8-6-16-47-35)15-5-4-7-23-17-27(36)11-9-25(23)22-46-32/h6,8-9,11-12,14,17-20,24,29,31,42H,4-5,7,10,13,15-16,21-22H2,1-3H3,(H,38,39,43,44,45)/b8-6+/t24-,29+,31?,48?/m0/s1. The number of carbonyl (C=O) groups excluding carboxylic acids is 2. The van der Waals surface area contributed by atoms with Crippen LogP contribution in [0.2, 0.25) is 5.02 Å². The maximum absolute atomic E-state index is 14.9. The Bertz CT molecular complexity index is 1850. The molecule has 13 heteroatoms. The van der Waals surface area contributed by atoms with Gasteiger partial charge in [-0.3, -0.25) is 19.0 Å². The molecule has 2 bridgehead atoms. The number of nitrogens with one attached hydrogen (secondary N) is 1. The fourth-order valence-corrected chi connectivity index (χ4v) is 8.19. The Kier molecular flexibility index (Phi) is 9.98. The number of halogens is 1. The molecule has 3 aliphatic rings. The summed E-state index contributed by atoms with van der Waals surface area (Å²) < 4.78 is 35.4. The van der Waals surface area contributed by atoms with Gasteiger partial charge in [0, 0.05) is 31.4 Å². The van der Waals surface area contributed by atoms with Gasteiger partial charge in [-0.25, -0.2) is 4.21 Å². The van der Waals surface area contributed by atoms with E-state index in [0.29, 0.717) is 36.2 Å². The lowest BCUT2D eigenvalue weighted by molar-refractivity contribution is -0.137. The van der Waals surface area contributed by atoms with Crippen molar-refractivity contribution in [2.75, 3.05) is 24.6 Å². The molecule has 3 heterocycles. The second-order valence-corrected chi connectivity index (χ2v) is 15.6. The lowest BCUT2D eigenvalue weighted by Crippen LogP contribution is -2.43. The van der Waals surface area contributed by atoms with Crippen molar-refractivity contribution < 1.29 is 28.4 Å². The zero-order chi connectivity index (χ0) is 34.1. The molecule has 2 unspecified atom stereocenters. The zero-order valence-electron chi connectivity index (χ0n) is 27.4. The number of carbonyl (C=O) groups is 2. The highest BCUT2D eigenvalue weighted by Crippen LogP contribution is 2.41. The van der Waals surface area contributed by atoms with Crippen molar-refractivity contribution in [1.82, 2.24) is 14.5 Å². The minimum Gasteiger partial charge on any atom is -0.487 e. The second kappa shape index (κ2) is 14.0. The van der Waals surface area contributed by atoms with Crippen LogP contribution in [0.5, 0.6) is 5.75 Å². The minimum absolute atomic E-state index is 0.0435. The summed E-state index contributed by atoms with van der Waals surface area (Å²) in [5.74, 6) is -0.674. The number of aliphatic hydroxyl groups is 1. The van der Waals surface area contributed by atoms with Crippen LogP contribution in [0.15, 0.2) is 70.2 Å². The van der Waals surface area contributed by atoms with Gasteiger partial charge in [0.15, 0.2) is 9.92 Å². The Morgan fingerprint density at radius 2 is 1.98 bits per heavy atom. The third-order valence-corrected chi connectivity index (χ3v) is 11.4. The maximum Gasteiger partial charge on any atom is 0.287 e. The largest absolute Gasteiger partial charge is 0.487 e. The van der Waals surface area contributed by atoms with Crippen LogP contribution in [-0.4, -0.2) is 62.3 Å². The molecule has 2 amide bonds. The number of nitrogens with zero attached hydrogens (tertiary/aromatic N) is 4. The zero-order valence-corrected chi connectivity index (χ0v) is 29.0. The quantitative estimate of drug-likeness (QED) is 0.348.